The standard InChI is InChI=1S/C18H14IN3O3S/c1-26(24,25)17-10-9-16(21-22-17)12-5-4-6-13(11-12)20-18(23)14-7-2-3-8-15(14)19/h2-11H,1H3,(H,20,23). The van der Waals surface area contributed by atoms with Crippen molar-refractivity contribution in [3.63, 3.8) is 0 Å². The van der Waals surface area contributed by atoms with Crippen molar-refractivity contribution in [1.82, 2.24) is 10.2 Å². The number of nitrogens with zero attached hydrogens (tertiary/aromatic N) is 2. The van der Waals surface area contributed by atoms with Crippen LogP contribution in [0.25, 0.3) is 11.3 Å². The highest BCUT2D eigenvalue weighted by Crippen LogP contribution is 2.22. The number of aromatic nitrogens is 2. The van der Waals surface area contributed by atoms with Crippen LogP contribution in [0.3, 0.4) is 0 Å². The van der Waals surface area contributed by atoms with Crippen molar-refractivity contribution in [3.8, 4) is 11.3 Å². The highest BCUT2D eigenvalue weighted by Gasteiger charge is 2.12. The number of carbonyl (C=O) groups is 1. The molecular weight excluding hydrogens is 465 g/mol. The minimum Gasteiger partial charge on any atom is -0.322 e. The van der Waals surface area contributed by atoms with Gasteiger partial charge in [0.25, 0.3) is 5.91 Å². The summed E-state index contributed by atoms with van der Waals surface area (Å²) in [5.41, 5.74) is 2.44. The molecule has 6 nitrogen and oxygen atoms in total. The second kappa shape index (κ2) is 7.50. The zero-order chi connectivity index (χ0) is 18.7. The molecule has 8 heteroatoms. The van der Waals surface area contributed by atoms with E-state index in [1.54, 1.807) is 30.3 Å². The SMILES string of the molecule is CS(=O)(=O)c1ccc(-c2cccc(NC(=O)c3ccccc3I)c2)nn1. The van der Waals surface area contributed by atoms with E-state index in [1.165, 1.54) is 6.07 Å². The third-order valence-electron chi connectivity index (χ3n) is 3.55. The van der Waals surface area contributed by atoms with Crippen LogP contribution in [0.5, 0.6) is 0 Å². The van der Waals surface area contributed by atoms with Gasteiger partial charge >= 0.3 is 0 Å². The Hall–Kier alpha value is -2.33. The molecule has 3 aromatic rings. The fourth-order valence-electron chi connectivity index (χ4n) is 2.27. The van der Waals surface area contributed by atoms with Crippen LogP contribution in [0.15, 0.2) is 65.7 Å². The molecule has 0 aliphatic heterocycles. The quantitative estimate of drug-likeness (QED) is 0.580. The van der Waals surface area contributed by atoms with E-state index in [4.69, 9.17) is 0 Å². The summed E-state index contributed by atoms with van der Waals surface area (Å²) in [6.07, 6.45) is 1.08. The highest BCUT2D eigenvalue weighted by atomic mass is 127. The number of amides is 1. The van der Waals surface area contributed by atoms with E-state index in [-0.39, 0.29) is 10.9 Å². The molecule has 0 aliphatic rings. The Morgan fingerprint density at radius 2 is 1.77 bits per heavy atom. The molecule has 0 saturated carbocycles. The smallest absolute Gasteiger partial charge is 0.256 e. The number of sulfone groups is 1. The molecule has 3 rings (SSSR count). The van der Waals surface area contributed by atoms with E-state index in [1.807, 2.05) is 24.3 Å². The van der Waals surface area contributed by atoms with E-state index < -0.39 is 9.84 Å². The first-order valence-electron chi connectivity index (χ1n) is 7.55. The predicted molar refractivity (Wildman–Crippen MR) is 108 cm³/mol. The Bertz CT molecular complexity index is 1070. The van der Waals surface area contributed by atoms with Crippen LogP contribution in [0.2, 0.25) is 0 Å². The summed E-state index contributed by atoms with van der Waals surface area (Å²) in [6.45, 7) is 0. The van der Waals surface area contributed by atoms with Crippen molar-refractivity contribution in [2.75, 3.05) is 11.6 Å². The van der Waals surface area contributed by atoms with Crippen LogP contribution < -0.4 is 5.32 Å². The van der Waals surface area contributed by atoms with Crippen molar-refractivity contribution in [2.45, 2.75) is 5.03 Å². The van der Waals surface area contributed by atoms with Gasteiger partial charge < -0.3 is 5.32 Å². The van der Waals surface area contributed by atoms with Crippen molar-refractivity contribution < 1.29 is 13.2 Å². The molecule has 0 bridgehead atoms. The van der Waals surface area contributed by atoms with Gasteiger partial charge in [0.05, 0.1) is 11.3 Å². The lowest BCUT2D eigenvalue weighted by molar-refractivity contribution is 0.102. The van der Waals surface area contributed by atoms with Gasteiger partial charge in [-0.3, -0.25) is 4.79 Å². The van der Waals surface area contributed by atoms with Crippen LogP contribution in [0.1, 0.15) is 10.4 Å². The lowest BCUT2D eigenvalue weighted by Gasteiger charge is -2.08. The molecule has 1 amide bonds. The van der Waals surface area contributed by atoms with Gasteiger partial charge in [-0.15, -0.1) is 10.2 Å². The van der Waals surface area contributed by atoms with Gasteiger partial charge in [-0.2, -0.15) is 0 Å². The summed E-state index contributed by atoms with van der Waals surface area (Å²) in [4.78, 5) is 12.4. The lowest BCUT2D eigenvalue weighted by Crippen LogP contribution is -2.13. The summed E-state index contributed by atoms with van der Waals surface area (Å²) in [6, 6.07) is 17.4. The van der Waals surface area contributed by atoms with Crippen molar-refractivity contribution in [1.29, 1.82) is 0 Å². The predicted octanol–water partition coefficient (Wildman–Crippen LogP) is 3.40. The Morgan fingerprint density at radius 1 is 1.00 bits per heavy atom. The molecule has 132 valence electrons. The van der Waals surface area contributed by atoms with Crippen molar-refractivity contribution in [3.05, 3.63) is 69.8 Å². The summed E-state index contributed by atoms with van der Waals surface area (Å²) in [5, 5.41) is 10.5. The lowest BCUT2D eigenvalue weighted by atomic mass is 10.1. The average molecular weight is 479 g/mol. The molecule has 2 aromatic carbocycles. The van der Waals surface area contributed by atoms with Crippen molar-refractivity contribution >= 4 is 44.0 Å². The number of halogens is 1. The summed E-state index contributed by atoms with van der Waals surface area (Å²) in [5.74, 6) is -0.203. The summed E-state index contributed by atoms with van der Waals surface area (Å²) >= 11 is 2.12. The van der Waals surface area contributed by atoms with E-state index in [0.717, 1.165) is 15.4 Å². The number of rotatable bonds is 4. The molecule has 0 aliphatic carbocycles. The van der Waals surface area contributed by atoms with Gasteiger partial charge in [-0.1, -0.05) is 24.3 Å². The van der Waals surface area contributed by atoms with E-state index in [2.05, 4.69) is 38.1 Å². The third-order valence-corrected chi connectivity index (χ3v) is 5.47. The maximum Gasteiger partial charge on any atom is 0.256 e. The number of nitrogens with one attached hydrogen (secondary N) is 1. The molecule has 0 saturated heterocycles. The Kier molecular flexibility index (Phi) is 5.33. The van der Waals surface area contributed by atoms with Crippen LogP contribution in [0.4, 0.5) is 5.69 Å². The minimum absolute atomic E-state index is 0.0793. The third kappa shape index (κ3) is 4.25. The van der Waals surface area contributed by atoms with E-state index >= 15 is 0 Å². The second-order valence-corrected chi connectivity index (χ2v) is 8.67. The van der Waals surface area contributed by atoms with Crippen LogP contribution in [0, 0.1) is 3.57 Å². The fourth-order valence-corrected chi connectivity index (χ4v) is 3.41. The number of hydrogen-bond acceptors (Lipinski definition) is 5. The van der Waals surface area contributed by atoms with Gasteiger partial charge in [0.1, 0.15) is 0 Å². The number of anilines is 1. The van der Waals surface area contributed by atoms with Gasteiger partial charge in [0.15, 0.2) is 14.9 Å². The number of benzene rings is 2. The first-order valence-corrected chi connectivity index (χ1v) is 10.5. The molecule has 0 atom stereocenters. The molecule has 1 N–H and O–H groups in total. The van der Waals surface area contributed by atoms with Gasteiger partial charge in [0.2, 0.25) is 0 Å². The monoisotopic (exact) mass is 479 g/mol. The molecule has 26 heavy (non-hydrogen) atoms. The molecule has 1 aromatic heterocycles. The summed E-state index contributed by atoms with van der Waals surface area (Å²) in [7, 11) is -3.39. The minimum atomic E-state index is -3.39. The Balaban J connectivity index is 1.85. The maximum atomic E-state index is 12.4. The average Bonchev–Trinajstić information content (AvgIpc) is 2.61. The Labute approximate surface area is 164 Å². The molecule has 0 spiro atoms. The number of carbonyl (C=O) groups excluding carboxylic acids is 1. The molecule has 0 radical (unpaired) electrons. The normalized spacial score (nSPS) is 11.2. The van der Waals surface area contributed by atoms with Crippen LogP contribution in [-0.4, -0.2) is 30.8 Å². The fraction of sp³-hybridized carbons (Fsp3) is 0.0556. The van der Waals surface area contributed by atoms with E-state index in [0.29, 0.717) is 16.9 Å². The van der Waals surface area contributed by atoms with E-state index in [9.17, 15) is 13.2 Å². The first-order chi connectivity index (χ1) is 12.3. The van der Waals surface area contributed by atoms with Crippen molar-refractivity contribution in [2.24, 2.45) is 0 Å². The molecular formula is C18H14IN3O3S. The number of hydrogen-bond donors (Lipinski definition) is 1. The van der Waals surface area contributed by atoms with Gasteiger partial charge in [0, 0.05) is 21.1 Å². The largest absolute Gasteiger partial charge is 0.322 e. The highest BCUT2D eigenvalue weighted by molar-refractivity contribution is 14.1. The van der Waals surface area contributed by atoms with Crippen LogP contribution >= 0.6 is 22.6 Å². The van der Waals surface area contributed by atoms with Crippen LogP contribution in [-0.2, 0) is 9.84 Å². The molecule has 0 fully saturated rings. The molecule has 0 unspecified atom stereocenters. The summed E-state index contributed by atoms with van der Waals surface area (Å²) < 4.78 is 23.8. The topological polar surface area (TPSA) is 89.0 Å². The van der Waals surface area contributed by atoms with Gasteiger partial charge in [-0.05, 0) is 59.0 Å². The zero-order valence-electron chi connectivity index (χ0n) is 13.7. The second-order valence-electron chi connectivity index (χ2n) is 5.54. The maximum absolute atomic E-state index is 12.4. The molecule has 1 heterocycles. The first kappa shape index (κ1) is 18.5. The Morgan fingerprint density at radius 3 is 2.42 bits per heavy atom. The zero-order valence-corrected chi connectivity index (χ0v) is 16.7. The van der Waals surface area contributed by atoms with Gasteiger partial charge in [-0.25, -0.2) is 8.42 Å².